The predicted molar refractivity (Wildman–Crippen MR) is 65.4 cm³/mol. The lowest BCUT2D eigenvalue weighted by Crippen LogP contribution is -2.02. The van der Waals surface area contributed by atoms with Gasteiger partial charge in [-0.2, -0.15) is 5.10 Å². The first kappa shape index (κ1) is 12.3. The first-order valence-electron chi connectivity index (χ1n) is 6.06. The van der Waals surface area contributed by atoms with E-state index in [0.29, 0.717) is 11.8 Å². The molecule has 2 nitrogen and oxygen atoms in total. The van der Waals surface area contributed by atoms with Crippen molar-refractivity contribution in [2.45, 2.75) is 59.3 Å². The molecular formula is C13H24N2. The molecule has 2 unspecified atom stereocenters. The highest BCUT2D eigenvalue weighted by Crippen LogP contribution is 2.28. The monoisotopic (exact) mass is 208 g/mol. The van der Waals surface area contributed by atoms with Crippen molar-refractivity contribution in [2.24, 2.45) is 7.05 Å². The lowest BCUT2D eigenvalue weighted by atomic mass is 9.95. The van der Waals surface area contributed by atoms with Crippen LogP contribution in [0.5, 0.6) is 0 Å². The Balaban J connectivity index is 3.14. The molecular weight excluding hydrogens is 184 g/mol. The molecule has 15 heavy (non-hydrogen) atoms. The summed E-state index contributed by atoms with van der Waals surface area (Å²) in [5.41, 5.74) is 4.10. The second-order valence-corrected chi connectivity index (χ2v) is 4.64. The van der Waals surface area contributed by atoms with E-state index in [4.69, 9.17) is 0 Å². The molecule has 0 radical (unpaired) electrons. The first-order chi connectivity index (χ1) is 7.02. The molecule has 0 spiro atoms. The fraction of sp³-hybridized carbons (Fsp3) is 0.769. The lowest BCUT2D eigenvalue weighted by molar-refractivity contribution is 0.610. The van der Waals surface area contributed by atoms with Gasteiger partial charge in [0.1, 0.15) is 0 Å². The van der Waals surface area contributed by atoms with Crippen molar-refractivity contribution in [1.29, 1.82) is 0 Å². The quantitative estimate of drug-likeness (QED) is 0.736. The van der Waals surface area contributed by atoms with E-state index in [1.54, 1.807) is 0 Å². The van der Waals surface area contributed by atoms with Gasteiger partial charge in [-0.3, -0.25) is 4.68 Å². The minimum absolute atomic E-state index is 0.578. The summed E-state index contributed by atoms with van der Waals surface area (Å²) < 4.78 is 2.07. The maximum Gasteiger partial charge on any atom is 0.0684 e. The summed E-state index contributed by atoms with van der Waals surface area (Å²) in [4.78, 5) is 0. The zero-order valence-corrected chi connectivity index (χ0v) is 11.0. The molecule has 1 heterocycles. The van der Waals surface area contributed by atoms with Crippen LogP contribution in [0.25, 0.3) is 0 Å². The molecule has 1 aromatic heterocycles. The molecule has 1 rings (SSSR count). The largest absolute Gasteiger partial charge is 0.272 e. The molecule has 0 aliphatic carbocycles. The molecule has 0 aromatic carbocycles. The minimum atomic E-state index is 0.578. The molecule has 0 aliphatic heterocycles. The second kappa shape index (κ2) is 4.82. The van der Waals surface area contributed by atoms with Crippen molar-refractivity contribution in [3.05, 3.63) is 17.0 Å². The van der Waals surface area contributed by atoms with Gasteiger partial charge >= 0.3 is 0 Å². The van der Waals surface area contributed by atoms with Gasteiger partial charge in [-0.25, -0.2) is 0 Å². The van der Waals surface area contributed by atoms with E-state index in [1.807, 2.05) is 0 Å². The summed E-state index contributed by atoms with van der Waals surface area (Å²) in [6.07, 6.45) is 2.35. The average Bonchev–Trinajstić information content (AvgIpc) is 2.52. The fourth-order valence-corrected chi connectivity index (χ4v) is 2.21. The number of hydrogen-bond donors (Lipinski definition) is 0. The minimum Gasteiger partial charge on any atom is -0.272 e. The van der Waals surface area contributed by atoms with Gasteiger partial charge in [-0.15, -0.1) is 0 Å². The summed E-state index contributed by atoms with van der Waals surface area (Å²) in [5, 5.41) is 4.67. The number of nitrogens with zero attached hydrogens (tertiary/aromatic N) is 2. The third-order valence-electron chi connectivity index (χ3n) is 3.53. The van der Waals surface area contributed by atoms with Gasteiger partial charge in [0, 0.05) is 18.7 Å². The van der Waals surface area contributed by atoms with E-state index in [0.717, 1.165) is 6.42 Å². The Morgan fingerprint density at radius 3 is 2.13 bits per heavy atom. The van der Waals surface area contributed by atoms with Crippen LogP contribution in [0.1, 0.15) is 69.3 Å². The van der Waals surface area contributed by atoms with E-state index in [9.17, 15) is 0 Å². The Morgan fingerprint density at radius 2 is 1.67 bits per heavy atom. The van der Waals surface area contributed by atoms with Crippen LogP contribution in [0, 0.1) is 6.92 Å². The van der Waals surface area contributed by atoms with Crippen LogP contribution >= 0.6 is 0 Å². The highest BCUT2D eigenvalue weighted by molar-refractivity contribution is 5.29. The van der Waals surface area contributed by atoms with Crippen molar-refractivity contribution >= 4 is 0 Å². The van der Waals surface area contributed by atoms with Crippen molar-refractivity contribution in [3.8, 4) is 0 Å². The second-order valence-electron chi connectivity index (χ2n) is 4.64. The zero-order chi connectivity index (χ0) is 11.6. The van der Waals surface area contributed by atoms with Crippen molar-refractivity contribution in [3.63, 3.8) is 0 Å². The van der Waals surface area contributed by atoms with E-state index in [-0.39, 0.29) is 0 Å². The number of aryl methyl sites for hydroxylation is 1. The van der Waals surface area contributed by atoms with Gasteiger partial charge in [0.05, 0.1) is 5.69 Å². The van der Waals surface area contributed by atoms with Gasteiger partial charge in [0.2, 0.25) is 0 Å². The highest BCUT2D eigenvalue weighted by atomic mass is 15.3. The Kier molecular flexibility index (Phi) is 3.95. The fourth-order valence-electron chi connectivity index (χ4n) is 2.21. The Labute approximate surface area is 93.7 Å². The summed E-state index contributed by atoms with van der Waals surface area (Å²) in [5.74, 6) is 1.19. The van der Waals surface area contributed by atoms with Crippen molar-refractivity contribution in [2.75, 3.05) is 0 Å². The Hall–Kier alpha value is -0.790. The molecule has 0 amide bonds. The molecule has 0 fully saturated rings. The molecule has 0 aliphatic rings. The third-order valence-corrected chi connectivity index (χ3v) is 3.53. The molecule has 0 saturated heterocycles. The van der Waals surface area contributed by atoms with E-state index < -0.39 is 0 Å². The summed E-state index contributed by atoms with van der Waals surface area (Å²) >= 11 is 0. The van der Waals surface area contributed by atoms with Crippen LogP contribution in [0.4, 0.5) is 0 Å². The molecule has 0 saturated carbocycles. The smallest absolute Gasteiger partial charge is 0.0684 e. The van der Waals surface area contributed by atoms with Gasteiger partial charge in [0.25, 0.3) is 0 Å². The van der Waals surface area contributed by atoms with E-state index in [2.05, 4.69) is 51.4 Å². The highest BCUT2D eigenvalue weighted by Gasteiger charge is 2.19. The van der Waals surface area contributed by atoms with Gasteiger partial charge < -0.3 is 0 Å². The number of aromatic nitrogens is 2. The van der Waals surface area contributed by atoms with Crippen LogP contribution in [0.3, 0.4) is 0 Å². The van der Waals surface area contributed by atoms with Crippen LogP contribution < -0.4 is 0 Å². The average molecular weight is 208 g/mol. The summed E-state index contributed by atoms with van der Waals surface area (Å²) in [6, 6.07) is 0. The first-order valence-corrected chi connectivity index (χ1v) is 6.06. The van der Waals surface area contributed by atoms with Crippen LogP contribution in [-0.4, -0.2) is 9.78 Å². The van der Waals surface area contributed by atoms with Crippen molar-refractivity contribution in [1.82, 2.24) is 9.78 Å². The standard InChI is InChI=1S/C13H24N2/c1-7-9(3)12-11(5)13(10(4)8-2)15(6)14-12/h9-10H,7-8H2,1-6H3. The molecule has 1 aromatic rings. The van der Waals surface area contributed by atoms with Gasteiger partial charge in [-0.05, 0) is 31.2 Å². The Bertz CT molecular complexity index is 326. The molecule has 2 atom stereocenters. The number of hydrogen-bond acceptors (Lipinski definition) is 1. The van der Waals surface area contributed by atoms with Crippen LogP contribution in [-0.2, 0) is 7.05 Å². The normalized spacial score (nSPS) is 15.3. The predicted octanol–water partition coefficient (Wildman–Crippen LogP) is 3.76. The molecule has 0 bridgehead atoms. The number of rotatable bonds is 4. The third kappa shape index (κ3) is 2.24. The topological polar surface area (TPSA) is 17.8 Å². The lowest BCUT2D eigenvalue weighted by Gasteiger charge is -2.11. The van der Waals surface area contributed by atoms with E-state index >= 15 is 0 Å². The SMILES string of the molecule is CCC(C)c1nn(C)c(C(C)CC)c1C. The maximum atomic E-state index is 4.67. The van der Waals surface area contributed by atoms with Crippen LogP contribution in [0.15, 0.2) is 0 Å². The molecule has 0 N–H and O–H groups in total. The van der Waals surface area contributed by atoms with Crippen LogP contribution in [0.2, 0.25) is 0 Å². The Morgan fingerprint density at radius 1 is 1.13 bits per heavy atom. The van der Waals surface area contributed by atoms with Gasteiger partial charge in [-0.1, -0.05) is 27.7 Å². The van der Waals surface area contributed by atoms with E-state index in [1.165, 1.54) is 23.4 Å². The zero-order valence-electron chi connectivity index (χ0n) is 11.0. The van der Waals surface area contributed by atoms with Gasteiger partial charge in [0.15, 0.2) is 0 Å². The summed E-state index contributed by atoms with van der Waals surface area (Å²) in [6.45, 7) is 11.2. The summed E-state index contributed by atoms with van der Waals surface area (Å²) in [7, 11) is 2.07. The maximum absolute atomic E-state index is 4.67. The molecule has 2 heteroatoms. The van der Waals surface area contributed by atoms with Crippen molar-refractivity contribution < 1.29 is 0 Å². The molecule has 86 valence electrons.